The lowest BCUT2D eigenvalue weighted by Crippen LogP contribution is -2.24. The number of benzene rings is 2. The molecule has 0 spiro atoms. The monoisotopic (exact) mass is 365 g/mol. The minimum absolute atomic E-state index is 0.0386. The van der Waals surface area contributed by atoms with Crippen molar-refractivity contribution in [2.75, 3.05) is 18.9 Å². The van der Waals surface area contributed by atoms with Gasteiger partial charge < -0.3 is 10.1 Å². The SMILES string of the molecule is O=C(CCSc1ccccc1F)NCCCCOc1ccc(F)cc1. The molecule has 0 aromatic heterocycles. The predicted octanol–water partition coefficient (Wildman–Crippen LogP) is 4.42. The van der Waals surface area contributed by atoms with E-state index in [0.29, 0.717) is 36.0 Å². The van der Waals surface area contributed by atoms with Gasteiger partial charge in [0.05, 0.1) is 6.61 Å². The van der Waals surface area contributed by atoms with Gasteiger partial charge in [-0.1, -0.05) is 12.1 Å². The highest BCUT2D eigenvalue weighted by molar-refractivity contribution is 7.99. The molecule has 0 saturated heterocycles. The molecule has 0 aliphatic rings. The first kappa shape index (κ1) is 19.2. The topological polar surface area (TPSA) is 38.3 Å². The number of rotatable bonds is 10. The molecule has 0 saturated carbocycles. The van der Waals surface area contributed by atoms with Crippen LogP contribution >= 0.6 is 11.8 Å². The van der Waals surface area contributed by atoms with Gasteiger partial charge >= 0.3 is 0 Å². The zero-order valence-electron chi connectivity index (χ0n) is 13.8. The number of thioether (sulfide) groups is 1. The molecule has 0 fully saturated rings. The quantitative estimate of drug-likeness (QED) is 0.500. The first-order chi connectivity index (χ1) is 12.1. The van der Waals surface area contributed by atoms with Crippen LogP contribution in [0.25, 0.3) is 0 Å². The van der Waals surface area contributed by atoms with Gasteiger partial charge in [0.25, 0.3) is 0 Å². The fraction of sp³-hybridized carbons (Fsp3) is 0.316. The fourth-order valence-corrected chi connectivity index (χ4v) is 2.97. The summed E-state index contributed by atoms with van der Waals surface area (Å²) in [5.41, 5.74) is 0. The normalized spacial score (nSPS) is 10.5. The van der Waals surface area contributed by atoms with Crippen LogP contribution in [0.3, 0.4) is 0 Å². The largest absolute Gasteiger partial charge is 0.494 e. The van der Waals surface area contributed by atoms with Crippen molar-refractivity contribution in [2.24, 2.45) is 0 Å². The molecule has 25 heavy (non-hydrogen) atoms. The first-order valence-corrected chi connectivity index (χ1v) is 9.16. The number of carbonyl (C=O) groups excluding carboxylic acids is 1. The Kier molecular flexibility index (Phi) is 8.25. The summed E-state index contributed by atoms with van der Waals surface area (Å²) in [4.78, 5) is 12.3. The molecule has 2 aromatic carbocycles. The van der Waals surface area contributed by atoms with E-state index in [1.807, 2.05) is 0 Å². The van der Waals surface area contributed by atoms with Gasteiger partial charge in [0, 0.05) is 23.6 Å². The molecule has 1 amide bonds. The van der Waals surface area contributed by atoms with Crippen molar-refractivity contribution < 1.29 is 18.3 Å². The van der Waals surface area contributed by atoms with Crippen LogP contribution < -0.4 is 10.1 Å². The van der Waals surface area contributed by atoms with Gasteiger partial charge in [-0.25, -0.2) is 8.78 Å². The molecule has 0 bridgehead atoms. The molecule has 0 unspecified atom stereocenters. The Bertz CT molecular complexity index is 665. The van der Waals surface area contributed by atoms with Crippen molar-refractivity contribution in [3.8, 4) is 5.75 Å². The van der Waals surface area contributed by atoms with Crippen molar-refractivity contribution in [1.29, 1.82) is 0 Å². The van der Waals surface area contributed by atoms with E-state index in [9.17, 15) is 13.6 Å². The maximum Gasteiger partial charge on any atom is 0.220 e. The van der Waals surface area contributed by atoms with E-state index in [0.717, 1.165) is 12.8 Å². The minimum Gasteiger partial charge on any atom is -0.494 e. The van der Waals surface area contributed by atoms with E-state index in [1.165, 1.54) is 30.0 Å². The molecule has 2 rings (SSSR count). The number of hydrogen-bond donors (Lipinski definition) is 1. The minimum atomic E-state index is -0.289. The van der Waals surface area contributed by atoms with E-state index in [2.05, 4.69) is 5.32 Å². The summed E-state index contributed by atoms with van der Waals surface area (Å²) >= 11 is 1.34. The lowest BCUT2D eigenvalue weighted by molar-refractivity contribution is -0.120. The molecular weight excluding hydrogens is 344 g/mol. The Labute approximate surface area is 150 Å². The molecule has 0 atom stereocenters. The van der Waals surface area contributed by atoms with E-state index in [-0.39, 0.29) is 17.5 Å². The molecule has 0 radical (unpaired) electrons. The third-order valence-electron chi connectivity index (χ3n) is 3.40. The second-order valence-corrected chi connectivity index (χ2v) is 6.53. The smallest absolute Gasteiger partial charge is 0.220 e. The highest BCUT2D eigenvalue weighted by Gasteiger charge is 2.04. The molecule has 134 valence electrons. The summed E-state index contributed by atoms with van der Waals surface area (Å²) in [7, 11) is 0. The molecule has 3 nitrogen and oxygen atoms in total. The van der Waals surface area contributed by atoms with E-state index in [1.54, 1.807) is 30.3 Å². The molecule has 6 heteroatoms. The average molecular weight is 365 g/mol. The Hall–Kier alpha value is -2.08. The average Bonchev–Trinajstić information content (AvgIpc) is 2.61. The summed E-state index contributed by atoms with van der Waals surface area (Å²) in [6, 6.07) is 12.4. The lowest BCUT2D eigenvalue weighted by Gasteiger charge is -2.07. The van der Waals surface area contributed by atoms with Crippen molar-refractivity contribution in [2.45, 2.75) is 24.2 Å². The first-order valence-electron chi connectivity index (χ1n) is 8.17. The zero-order chi connectivity index (χ0) is 17.9. The van der Waals surface area contributed by atoms with Crippen molar-refractivity contribution in [3.63, 3.8) is 0 Å². The maximum atomic E-state index is 13.4. The molecule has 1 N–H and O–H groups in total. The van der Waals surface area contributed by atoms with Gasteiger partial charge in [0.1, 0.15) is 17.4 Å². The Morgan fingerprint density at radius 3 is 2.56 bits per heavy atom. The van der Waals surface area contributed by atoms with E-state index >= 15 is 0 Å². The van der Waals surface area contributed by atoms with Crippen LogP contribution in [0.2, 0.25) is 0 Å². The van der Waals surface area contributed by atoms with Crippen LogP contribution in [-0.4, -0.2) is 24.8 Å². The molecular formula is C19H21F2NO2S. The molecule has 2 aromatic rings. The summed E-state index contributed by atoms with van der Waals surface area (Å²) in [5.74, 6) is 0.594. The molecule has 0 heterocycles. The summed E-state index contributed by atoms with van der Waals surface area (Å²) < 4.78 is 31.6. The molecule has 0 aliphatic carbocycles. The number of ether oxygens (including phenoxy) is 1. The number of nitrogens with one attached hydrogen (secondary N) is 1. The van der Waals surface area contributed by atoms with Crippen LogP contribution in [-0.2, 0) is 4.79 Å². The van der Waals surface area contributed by atoms with Crippen molar-refractivity contribution in [1.82, 2.24) is 5.32 Å². The Morgan fingerprint density at radius 1 is 1.04 bits per heavy atom. The van der Waals surface area contributed by atoms with Gasteiger partial charge in [-0.15, -0.1) is 11.8 Å². The number of hydrogen-bond acceptors (Lipinski definition) is 3. The van der Waals surface area contributed by atoms with Crippen LogP contribution in [0.1, 0.15) is 19.3 Å². The Morgan fingerprint density at radius 2 is 1.80 bits per heavy atom. The highest BCUT2D eigenvalue weighted by atomic mass is 32.2. The standard InChI is InChI=1S/C19H21F2NO2S/c20-15-7-9-16(10-8-15)24-13-4-3-12-22-19(23)11-14-25-18-6-2-1-5-17(18)21/h1-2,5-10H,3-4,11-14H2,(H,22,23). The summed E-state index contributed by atoms with van der Waals surface area (Å²) in [6.45, 7) is 1.10. The third kappa shape index (κ3) is 7.56. The highest BCUT2D eigenvalue weighted by Crippen LogP contribution is 2.21. The predicted molar refractivity (Wildman–Crippen MR) is 95.9 cm³/mol. The lowest BCUT2D eigenvalue weighted by atomic mass is 10.3. The number of halogens is 2. The second kappa shape index (κ2) is 10.7. The van der Waals surface area contributed by atoms with Gasteiger partial charge in [-0.05, 0) is 49.2 Å². The summed E-state index contributed by atoms with van der Waals surface area (Å²) in [6.07, 6.45) is 1.94. The number of amides is 1. The van der Waals surface area contributed by atoms with E-state index in [4.69, 9.17) is 4.74 Å². The van der Waals surface area contributed by atoms with Crippen molar-refractivity contribution in [3.05, 3.63) is 60.2 Å². The number of unbranched alkanes of at least 4 members (excludes halogenated alkanes) is 1. The Balaban J connectivity index is 1.49. The fourth-order valence-electron chi connectivity index (χ4n) is 2.08. The van der Waals surface area contributed by atoms with Crippen LogP contribution in [0.4, 0.5) is 8.78 Å². The molecule has 0 aliphatic heterocycles. The van der Waals surface area contributed by atoms with Gasteiger partial charge in [0.15, 0.2) is 0 Å². The van der Waals surface area contributed by atoms with Gasteiger partial charge in [-0.3, -0.25) is 4.79 Å². The van der Waals surface area contributed by atoms with Gasteiger partial charge in [0.2, 0.25) is 5.91 Å². The zero-order valence-corrected chi connectivity index (χ0v) is 14.7. The maximum absolute atomic E-state index is 13.4. The second-order valence-electron chi connectivity index (χ2n) is 5.39. The van der Waals surface area contributed by atoms with Gasteiger partial charge in [-0.2, -0.15) is 0 Å². The van der Waals surface area contributed by atoms with Crippen molar-refractivity contribution >= 4 is 17.7 Å². The van der Waals surface area contributed by atoms with Crippen LogP contribution in [0, 0.1) is 11.6 Å². The third-order valence-corrected chi connectivity index (χ3v) is 4.45. The summed E-state index contributed by atoms with van der Waals surface area (Å²) in [5, 5.41) is 2.84. The van der Waals surface area contributed by atoms with E-state index < -0.39 is 0 Å². The van der Waals surface area contributed by atoms with Crippen LogP contribution in [0.5, 0.6) is 5.75 Å². The number of carbonyl (C=O) groups is 1. The van der Waals surface area contributed by atoms with Crippen LogP contribution in [0.15, 0.2) is 53.4 Å².